The van der Waals surface area contributed by atoms with Crippen LogP contribution in [0.3, 0.4) is 0 Å². The first-order valence-electron chi connectivity index (χ1n) is 3.63. The van der Waals surface area contributed by atoms with Crippen LogP contribution in [0.2, 0.25) is 0 Å². The zero-order chi connectivity index (χ0) is 11.1. The van der Waals surface area contributed by atoms with E-state index >= 15 is 0 Å². The molecular formula is C6H11N3O5. The van der Waals surface area contributed by atoms with Crippen molar-refractivity contribution in [3.8, 4) is 0 Å². The van der Waals surface area contributed by atoms with Gasteiger partial charge in [0.1, 0.15) is 6.04 Å². The van der Waals surface area contributed by atoms with Crippen molar-refractivity contribution in [2.75, 3.05) is 6.61 Å². The van der Waals surface area contributed by atoms with Crippen molar-refractivity contribution in [2.24, 2.45) is 5.73 Å². The van der Waals surface area contributed by atoms with Gasteiger partial charge in [0.05, 0.1) is 0 Å². The average molecular weight is 205 g/mol. The largest absolute Gasteiger partial charge is 0.479 e. The predicted octanol–water partition coefficient (Wildman–Crippen LogP) is -1.82. The SMILES string of the molecule is CC(NC(N)=O)C(=O)NOCC(=O)O. The smallest absolute Gasteiger partial charge is 0.332 e. The van der Waals surface area contributed by atoms with Crippen LogP contribution < -0.4 is 16.5 Å². The van der Waals surface area contributed by atoms with E-state index in [2.05, 4.69) is 10.2 Å². The molecule has 0 fully saturated rings. The number of carboxylic acid groups (broad SMARTS) is 1. The lowest BCUT2D eigenvalue weighted by molar-refractivity contribution is -0.149. The van der Waals surface area contributed by atoms with Crippen molar-refractivity contribution >= 4 is 17.9 Å². The van der Waals surface area contributed by atoms with Gasteiger partial charge in [-0.3, -0.25) is 9.63 Å². The Hall–Kier alpha value is -1.83. The molecule has 0 radical (unpaired) electrons. The molecule has 0 saturated carbocycles. The van der Waals surface area contributed by atoms with E-state index in [0.29, 0.717) is 0 Å². The Kier molecular flexibility index (Phi) is 5.00. The summed E-state index contributed by atoms with van der Waals surface area (Å²) in [6.45, 7) is 0.708. The average Bonchev–Trinajstić information content (AvgIpc) is 2.01. The molecule has 0 spiro atoms. The first kappa shape index (κ1) is 12.2. The van der Waals surface area contributed by atoms with Crippen LogP contribution in [0, 0.1) is 0 Å². The quantitative estimate of drug-likeness (QED) is 0.392. The van der Waals surface area contributed by atoms with Crippen molar-refractivity contribution in [3.63, 3.8) is 0 Å². The molecule has 80 valence electrons. The van der Waals surface area contributed by atoms with Gasteiger partial charge in [0.2, 0.25) is 0 Å². The fourth-order valence-corrected chi connectivity index (χ4v) is 0.536. The summed E-state index contributed by atoms with van der Waals surface area (Å²) < 4.78 is 0. The molecule has 14 heavy (non-hydrogen) atoms. The fraction of sp³-hybridized carbons (Fsp3) is 0.500. The molecule has 8 nitrogen and oxygen atoms in total. The normalized spacial score (nSPS) is 11.5. The number of hydrogen-bond donors (Lipinski definition) is 4. The van der Waals surface area contributed by atoms with Crippen LogP contribution in [0.5, 0.6) is 0 Å². The third-order valence-corrected chi connectivity index (χ3v) is 1.12. The van der Waals surface area contributed by atoms with Gasteiger partial charge in [-0.1, -0.05) is 0 Å². The number of rotatable bonds is 5. The number of amides is 3. The Morgan fingerprint density at radius 1 is 1.50 bits per heavy atom. The molecule has 0 saturated heterocycles. The van der Waals surface area contributed by atoms with Crippen LogP contribution in [-0.4, -0.2) is 35.7 Å². The van der Waals surface area contributed by atoms with E-state index in [9.17, 15) is 14.4 Å². The molecule has 5 N–H and O–H groups in total. The Labute approximate surface area is 79.3 Å². The second-order valence-corrected chi connectivity index (χ2v) is 2.38. The lowest BCUT2D eigenvalue weighted by Gasteiger charge is -2.11. The summed E-state index contributed by atoms with van der Waals surface area (Å²) in [5.74, 6) is -1.91. The second-order valence-electron chi connectivity index (χ2n) is 2.38. The summed E-state index contributed by atoms with van der Waals surface area (Å²) in [6.07, 6.45) is 0. The summed E-state index contributed by atoms with van der Waals surface area (Å²) >= 11 is 0. The summed E-state index contributed by atoms with van der Waals surface area (Å²) in [7, 11) is 0. The number of carboxylic acids is 1. The molecule has 0 aromatic carbocycles. The minimum Gasteiger partial charge on any atom is -0.479 e. The molecule has 8 heteroatoms. The third kappa shape index (κ3) is 5.77. The van der Waals surface area contributed by atoms with E-state index in [1.807, 2.05) is 5.48 Å². The van der Waals surface area contributed by atoms with Crippen LogP contribution in [0.1, 0.15) is 6.92 Å². The van der Waals surface area contributed by atoms with Gasteiger partial charge in [-0.05, 0) is 6.92 Å². The Morgan fingerprint density at radius 3 is 2.50 bits per heavy atom. The molecule has 0 bridgehead atoms. The molecule has 1 unspecified atom stereocenters. The zero-order valence-corrected chi connectivity index (χ0v) is 7.44. The van der Waals surface area contributed by atoms with E-state index in [-0.39, 0.29) is 0 Å². The highest BCUT2D eigenvalue weighted by Gasteiger charge is 2.13. The van der Waals surface area contributed by atoms with E-state index in [1.54, 1.807) is 0 Å². The lowest BCUT2D eigenvalue weighted by Crippen LogP contribution is -2.47. The summed E-state index contributed by atoms with van der Waals surface area (Å²) in [4.78, 5) is 35.5. The zero-order valence-electron chi connectivity index (χ0n) is 7.44. The maximum Gasteiger partial charge on any atom is 0.332 e. The monoisotopic (exact) mass is 205 g/mol. The number of hydroxylamine groups is 1. The van der Waals surface area contributed by atoms with Gasteiger partial charge >= 0.3 is 12.0 Å². The number of primary amides is 1. The molecule has 0 rings (SSSR count). The van der Waals surface area contributed by atoms with E-state index in [4.69, 9.17) is 10.8 Å². The number of carbonyl (C=O) groups is 3. The van der Waals surface area contributed by atoms with Crippen molar-refractivity contribution in [3.05, 3.63) is 0 Å². The Bertz CT molecular complexity index is 242. The predicted molar refractivity (Wildman–Crippen MR) is 43.9 cm³/mol. The molecule has 0 aromatic heterocycles. The highest BCUT2D eigenvalue weighted by atomic mass is 16.7. The lowest BCUT2D eigenvalue weighted by atomic mass is 10.3. The molecular weight excluding hydrogens is 194 g/mol. The topological polar surface area (TPSA) is 131 Å². The number of nitrogens with two attached hydrogens (primary N) is 1. The number of carbonyl (C=O) groups excluding carboxylic acids is 2. The van der Waals surface area contributed by atoms with Crippen LogP contribution in [0.15, 0.2) is 0 Å². The number of aliphatic carboxylic acids is 1. The highest BCUT2D eigenvalue weighted by molar-refractivity contribution is 5.85. The maximum atomic E-state index is 11.0. The van der Waals surface area contributed by atoms with Crippen LogP contribution in [0.25, 0.3) is 0 Å². The fourth-order valence-electron chi connectivity index (χ4n) is 0.536. The van der Waals surface area contributed by atoms with Crippen LogP contribution in [0.4, 0.5) is 4.79 Å². The van der Waals surface area contributed by atoms with Gasteiger partial charge in [0.25, 0.3) is 5.91 Å². The summed E-state index contributed by atoms with van der Waals surface area (Å²) in [6, 6.07) is -1.74. The van der Waals surface area contributed by atoms with E-state index in [1.165, 1.54) is 6.92 Å². The summed E-state index contributed by atoms with van der Waals surface area (Å²) in [5, 5.41) is 10.2. The number of nitrogens with one attached hydrogen (secondary N) is 2. The van der Waals surface area contributed by atoms with Crippen LogP contribution >= 0.6 is 0 Å². The number of hydrogen-bond acceptors (Lipinski definition) is 4. The molecule has 0 aliphatic rings. The van der Waals surface area contributed by atoms with Gasteiger partial charge in [-0.25, -0.2) is 15.1 Å². The van der Waals surface area contributed by atoms with E-state index in [0.717, 1.165) is 0 Å². The second kappa shape index (κ2) is 5.75. The first-order chi connectivity index (χ1) is 6.43. The Morgan fingerprint density at radius 2 is 2.07 bits per heavy atom. The molecule has 0 aliphatic heterocycles. The molecule has 0 aliphatic carbocycles. The molecule has 3 amide bonds. The van der Waals surface area contributed by atoms with Crippen LogP contribution in [-0.2, 0) is 14.4 Å². The summed E-state index contributed by atoms with van der Waals surface area (Å²) in [5.41, 5.74) is 6.57. The first-order valence-corrected chi connectivity index (χ1v) is 3.63. The van der Waals surface area contributed by atoms with Gasteiger partial charge in [-0.15, -0.1) is 0 Å². The maximum absolute atomic E-state index is 11.0. The van der Waals surface area contributed by atoms with Crippen molar-refractivity contribution < 1.29 is 24.3 Å². The van der Waals surface area contributed by atoms with Crippen molar-refractivity contribution in [2.45, 2.75) is 13.0 Å². The Balaban J connectivity index is 3.73. The number of urea groups is 1. The van der Waals surface area contributed by atoms with Gasteiger partial charge in [0, 0.05) is 0 Å². The van der Waals surface area contributed by atoms with Crippen molar-refractivity contribution in [1.82, 2.24) is 10.8 Å². The van der Waals surface area contributed by atoms with Crippen molar-refractivity contribution in [1.29, 1.82) is 0 Å². The standard InChI is InChI=1S/C6H11N3O5/c1-3(8-6(7)13)5(12)9-14-2-4(10)11/h3H,2H2,1H3,(H,9,12)(H,10,11)(H3,7,8,13). The van der Waals surface area contributed by atoms with Gasteiger partial charge in [-0.2, -0.15) is 0 Å². The molecule has 0 heterocycles. The molecule has 1 atom stereocenters. The minimum absolute atomic E-state index is 0.658. The highest BCUT2D eigenvalue weighted by Crippen LogP contribution is 1.81. The molecule has 0 aromatic rings. The third-order valence-electron chi connectivity index (χ3n) is 1.12. The minimum atomic E-state index is -1.22. The van der Waals surface area contributed by atoms with Gasteiger partial charge < -0.3 is 16.2 Å². The van der Waals surface area contributed by atoms with Gasteiger partial charge in [0.15, 0.2) is 6.61 Å². The van der Waals surface area contributed by atoms with E-state index < -0.39 is 30.6 Å².